The average molecular weight is 309 g/mol. The lowest BCUT2D eigenvalue weighted by molar-refractivity contribution is -0.174. The van der Waals surface area contributed by atoms with E-state index in [1.165, 1.54) is 0 Å². The van der Waals surface area contributed by atoms with Crippen molar-refractivity contribution in [1.82, 2.24) is 0 Å². The molecule has 0 saturated carbocycles. The van der Waals surface area contributed by atoms with E-state index in [-0.39, 0.29) is 6.61 Å². The van der Waals surface area contributed by atoms with Crippen LogP contribution >= 0.6 is 0 Å². The predicted octanol–water partition coefficient (Wildman–Crippen LogP) is 1.84. The molecule has 0 aliphatic heterocycles. The van der Waals surface area contributed by atoms with Crippen molar-refractivity contribution in [2.45, 2.75) is 46.1 Å². The molecule has 0 heterocycles. The number of aryl methyl sites for hydroxylation is 1. The Balaban J connectivity index is 2.69. The van der Waals surface area contributed by atoms with Crippen LogP contribution in [-0.2, 0) is 25.7 Å². The summed E-state index contributed by atoms with van der Waals surface area (Å²) < 4.78 is 10.4. The van der Waals surface area contributed by atoms with Crippen molar-refractivity contribution in [3.8, 4) is 0 Å². The highest BCUT2D eigenvalue weighted by molar-refractivity contribution is 5.94. The molecule has 0 radical (unpaired) electrons. The average Bonchev–Trinajstić information content (AvgIpc) is 2.35. The zero-order valence-corrected chi connectivity index (χ0v) is 13.3. The van der Waals surface area contributed by atoms with Gasteiger partial charge < -0.3 is 20.3 Å². The molecule has 0 bridgehead atoms. The van der Waals surface area contributed by atoms with Crippen LogP contribution in [0.5, 0.6) is 0 Å². The minimum atomic E-state index is -1.57. The molecule has 0 fully saturated rings. The molecular formula is C16H23NO5. The third kappa shape index (κ3) is 5.83. The molecule has 1 rings (SSSR count). The number of rotatable bonds is 6. The highest BCUT2D eigenvalue weighted by Gasteiger charge is 2.37. The van der Waals surface area contributed by atoms with Crippen molar-refractivity contribution in [2.24, 2.45) is 11.7 Å². The molecule has 0 aromatic heterocycles. The van der Waals surface area contributed by atoms with Crippen LogP contribution in [0.4, 0.5) is 0 Å². The summed E-state index contributed by atoms with van der Waals surface area (Å²) in [7, 11) is 0. The number of carboxylic acids is 1. The van der Waals surface area contributed by atoms with Crippen LogP contribution in [0.3, 0.4) is 0 Å². The number of esters is 1. The molecular weight excluding hydrogens is 286 g/mol. The second-order valence-corrected chi connectivity index (χ2v) is 6.11. The summed E-state index contributed by atoms with van der Waals surface area (Å²) in [5, 5.41) is 9.18. The van der Waals surface area contributed by atoms with Gasteiger partial charge in [-0.15, -0.1) is 0 Å². The fraction of sp³-hybridized carbons (Fsp3) is 0.500. The molecule has 6 nitrogen and oxygen atoms in total. The first-order valence-corrected chi connectivity index (χ1v) is 6.98. The molecule has 3 N–H and O–H groups in total. The first-order valence-electron chi connectivity index (χ1n) is 6.98. The van der Waals surface area contributed by atoms with E-state index < -0.39 is 29.7 Å². The summed E-state index contributed by atoms with van der Waals surface area (Å²) in [6.45, 7) is 7.04. The number of aliphatic carboxylic acids is 1. The quantitative estimate of drug-likeness (QED) is 0.472. The van der Waals surface area contributed by atoms with Gasteiger partial charge >= 0.3 is 11.9 Å². The van der Waals surface area contributed by atoms with Crippen LogP contribution in [0.1, 0.15) is 31.9 Å². The monoisotopic (exact) mass is 309 g/mol. The Labute approximate surface area is 130 Å². The van der Waals surface area contributed by atoms with Gasteiger partial charge in [-0.1, -0.05) is 29.8 Å². The lowest BCUT2D eigenvalue weighted by atomic mass is 10.1. The molecule has 0 aliphatic rings. The zero-order valence-electron chi connectivity index (χ0n) is 13.3. The number of benzene rings is 1. The topological polar surface area (TPSA) is 98.9 Å². The third-order valence-electron chi connectivity index (χ3n) is 2.82. The summed E-state index contributed by atoms with van der Waals surface area (Å²) in [5.41, 5.74) is 6.87. The van der Waals surface area contributed by atoms with Crippen LogP contribution in [0.25, 0.3) is 0 Å². The number of carboxylic acid groups (broad SMARTS) is 1. The van der Waals surface area contributed by atoms with Crippen LogP contribution in [0.15, 0.2) is 24.3 Å². The number of carbonyl (C=O) groups excluding carboxylic acids is 1. The van der Waals surface area contributed by atoms with Gasteiger partial charge in [-0.25, -0.2) is 0 Å². The number of hydrogen-bond donors (Lipinski definition) is 2. The highest BCUT2D eigenvalue weighted by atomic mass is 16.6. The lowest BCUT2D eigenvalue weighted by Crippen LogP contribution is -2.45. The van der Waals surface area contributed by atoms with Gasteiger partial charge in [0.25, 0.3) is 0 Å². The normalized spacial score (nSPS) is 14.2. The van der Waals surface area contributed by atoms with Crippen molar-refractivity contribution in [2.75, 3.05) is 0 Å². The molecule has 22 heavy (non-hydrogen) atoms. The minimum absolute atomic E-state index is 0.119. The Morgan fingerprint density at radius 3 is 2.23 bits per heavy atom. The van der Waals surface area contributed by atoms with E-state index in [2.05, 4.69) is 0 Å². The van der Waals surface area contributed by atoms with E-state index in [0.29, 0.717) is 0 Å². The summed E-state index contributed by atoms with van der Waals surface area (Å²) in [5.74, 6) is -3.84. The van der Waals surface area contributed by atoms with E-state index >= 15 is 0 Å². The van der Waals surface area contributed by atoms with Gasteiger partial charge in [-0.05, 0) is 33.3 Å². The molecule has 0 spiro atoms. The summed E-state index contributed by atoms with van der Waals surface area (Å²) >= 11 is 0. The van der Waals surface area contributed by atoms with Crippen molar-refractivity contribution in [3.05, 3.63) is 35.4 Å². The van der Waals surface area contributed by atoms with Crippen LogP contribution in [0.2, 0.25) is 0 Å². The maximum absolute atomic E-state index is 11.9. The fourth-order valence-electron chi connectivity index (χ4n) is 1.71. The van der Waals surface area contributed by atoms with Gasteiger partial charge in [-0.3, -0.25) is 9.59 Å². The minimum Gasteiger partial charge on any atom is -0.480 e. The number of nitrogens with two attached hydrogens (primary N) is 1. The Bertz CT molecular complexity index is 518. The smallest absolute Gasteiger partial charge is 0.324 e. The van der Waals surface area contributed by atoms with Crippen molar-refractivity contribution in [3.63, 3.8) is 0 Å². The standard InChI is InChI=1S/C16H23NO5/c1-10-5-7-11(8-6-10)9-21-13(17)12(14(18)19)15(20)22-16(2,3)4/h5-8,12-13H,9,17H2,1-4H3,(H,18,19). The van der Waals surface area contributed by atoms with Crippen LogP contribution < -0.4 is 5.73 Å². The number of ether oxygens (including phenoxy) is 2. The number of carbonyl (C=O) groups is 2. The molecule has 0 amide bonds. The summed E-state index contributed by atoms with van der Waals surface area (Å²) in [6.07, 6.45) is -1.28. The Hall–Kier alpha value is -1.92. The first kappa shape index (κ1) is 18.1. The molecule has 0 saturated heterocycles. The van der Waals surface area contributed by atoms with E-state index in [1.807, 2.05) is 31.2 Å². The molecule has 122 valence electrons. The van der Waals surface area contributed by atoms with Crippen LogP contribution in [0, 0.1) is 12.8 Å². The molecule has 2 atom stereocenters. The first-order chi connectivity index (χ1) is 10.1. The Morgan fingerprint density at radius 1 is 1.23 bits per heavy atom. The highest BCUT2D eigenvalue weighted by Crippen LogP contribution is 2.15. The molecule has 1 aromatic rings. The van der Waals surface area contributed by atoms with Crippen molar-refractivity contribution in [1.29, 1.82) is 0 Å². The van der Waals surface area contributed by atoms with E-state index in [4.69, 9.17) is 15.2 Å². The molecule has 6 heteroatoms. The second-order valence-electron chi connectivity index (χ2n) is 6.11. The van der Waals surface area contributed by atoms with Crippen molar-refractivity contribution < 1.29 is 24.2 Å². The lowest BCUT2D eigenvalue weighted by Gasteiger charge is -2.25. The van der Waals surface area contributed by atoms with Gasteiger partial charge in [-0.2, -0.15) is 0 Å². The Morgan fingerprint density at radius 2 is 1.77 bits per heavy atom. The van der Waals surface area contributed by atoms with E-state index in [9.17, 15) is 14.7 Å². The van der Waals surface area contributed by atoms with Gasteiger partial charge in [0.05, 0.1) is 6.61 Å². The van der Waals surface area contributed by atoms with Crippen LogP contribution in [-0.4, -0.2) is 28.9 Å². The molecule has 2 unspecified atom stereocenters. The van der Waals surface area contributed by atoms with Crippen molar-refractivity contribution >= 4 is 11.9 Å². The van der Waals surface area contributed by atoms with Gasteiger partial charge in [0.15, 0.2) is 5.92 Å². The Kier molecular flexibility index (Phi) is 6.08. The van der Waals surface area contributed by atoms with Gasteiger partial charge in [0, 0.05) is 0 Å². The van der Waals surface area contributed by atoms with E-state index in [1.54, 1.807) is 20.8 Å². The summed E-state index contributed by atoms with van der Waals surface area (Å²) in [4.78, 5) is 23.2. The second kappa shape index (κ2) is 7.38. The SMILES string of the molecule is Cc1ccc(COC(N)C(C(=O)O)C(=O)OC(C)(C)C)cc1. The maximum Gasteiger partial charge on any atom is 0.324 e. The fourth-order valence-corrected chi connectivity index (χ4v) is 1.71. The zero-order chi connectivity index (χ0) is 16.9. The van der Waals surface area contributed by atoms with Gasteiger partial charge in [0.2, 0.25) is 0 Å². The summed E-state index contributed by atoms with van der Waals surface area (Å²) in [6, 6.07) is 7.52. The van der Waals surface area contributed by atoms with E-state index in [0.717, 1.165) is 11.1 Å². The largest absolute Gasteiger partial charge is 0.480 e. The molecule has 0 aliphatic carbocycles. The number of hydrogen-bond acceptors (Lipinski definition) is 5. The molecule has 1 aromatic carbocycles. The maximum atomic E-state index is 11.9. The predicted molar refractivity (Wildman–Crippen MR) is 80.9 cm³/mol. The van der Waals surface area contributed by atoms with Gasteiger partial charge in [0.1, 0.15) is 11.8 Å². The third-order valence-corrected chi connectivity index (χ3v) is 2.82.